The molecule has 1 aromatic heterocycles. The zero-order valence-corrected chi connectivity index (χ0v) is 10.1. The van der Waals surface area contributed by atoms with Crippen molar-refractivity contribution in [2.24, 2.45) is 11.7 Å². The summed E-state index contributed by atoms with van der Waals surface area (Å²) < 4.78 is 5.34. The predicted molar refractivity (Wildman–Crippen MR) is 69.2 cm³/mol. The van der Waals surface area contributed by atoms with Crippen molar-refractivity contribution in [2.75, 3.05) is 6.54 Å². The second-order valence-corrected chi connectivity index (χ2v) is 4.86. The third-order valence-corrected chi connectivity index (χ3v) is 3.45. The number of fused-ring (bicyclic) bond motifs is 1. The summed E-state index contributed by atoms with van der Waals surface area (Å²) in [6.45, 7) is 0.531. The minimum absolute atomic E-state index is 0.0760. The highest BCUT2D eigenvalue weighted by Crippen LogP contribution is 2.31. The normalized spacial score (nSPS) is 16.7. The first kappa shape index (κ1) is 11.3. The first-order valence-corrected chi connectivity index (χ1v) is 6.25. The third-order valence-electron chi connectivity index (χ3n) is 3.45. The molecule has 1 aliphatic rings. The Labute approximate surface area is 105 Å². The van der Waals surface area contributed by atoms with Crippen LogP contribution in [0.2, 0.25) is 0 Å². The van der Waals surface area contributed by atoms with Gasteiger partial charge in [0, 0.05) is 18.0 Å². The molecule has 3 N–H and O–H groups in total. The molecule has 1 aromatic carbocycles. The van der Waals surface area contributed by atoms with E-state index in [2.05, 4.69) is 5.32 Å². The molecule has 0 spiro atoms. The molecule has 2 aromatic rings. The molecule has 4 heteroatoms. The van der Waals surface area contributed by atoms with Crippen molar-refractivity contribution in [1.82, 2.24) is 5.32 Å². The minimum Gasteiger partial charge on any atom is -0.463 e. The van der Waals surface area contributed by atoms with Crippen molar-refractivity contribution in [2.45, 2.75) is 18.9 Å². The quantitative estimate of drug-likeness (QED) is 0.863. The van der Waals surface area contributed by atoms with Crippen LogP contribution in [-0.2, 0) is 0 Å². The molecule has 1 saturated carbocycles. The van der Waals surface area contributed by atoms with Crippen LogP contribution >= 0.6 is 0 Å². The Morgan fingerprint density at radius 1 is 1.44 bits per heavy atom. The Morgan fingerprint density at radius 2 is 2.22 bits per heavy atom. The molecule has 1 aliphatic carbocycles. The molecule has 94 valence electrons. The fourth-order valence-electron chi connectivity index (χ4n) is 2.15. The van der Waals surface area contributed by atoms with E-state index in [1.54, 1.807) is 0 Å². The summed E-state index contributed by atoms with van der Waals surface area (Å²) >= 11 is 0. The monoisotopic (exact) mass is 244 g/mol. The van der Waals surface area contributed by atoms with Gasteiger partial charge in [-0.2, -0.15) is 0 Å². The molecule has 0 aliphatic heterocycles. The third kappa shape index (κ3) is 2.11. The lowest BCUT2D eigenvalue weighted by Crippen LogP contribution is -2.38. The van der Waals surface area contributed by atoms with Gasteiger partial charge in [0.05, 0.1) is 5.56 Å². The van der Waals surface area contributed by atoms with Gasteiger partial charge in [-0.1, -0.05) is 18.2 Å². The summed E-state index contributed by atoms with van der Waals surface area (Å²) in [4.78, 5) is 12.0. The van der Waals surface area contributed by atoms with E-state index in [1.165, 1.54) is 19.1 Å². The van der Waals surface area contributed by atoms with Crippen LogP contribution in [0.25, 0.3) is 11.0 Å². The number of carbonyl (C=O) groups is 1. The summed E-state index contributed by atoms with van der Waals surface area (Å²) in [6.07, 6.45) is 3.88. The van der Waals surface area contributed by atoms with Crippen LogP contribution in [0.5, 0.6) is 0 Å². The standard InChI is InChI=1S/C14H16N2O2/c15-12(9-5-6-9)7-16-14(17)11-8-18-13-4-2-1-3-10(11)13/h1-4,8-9,12H,5-7,15H2,(H,16,17). The lowest BCUT2D eigenvalue weighted by Gasteiger charge is -2.10. The number of hydrogen-bond acceptors (Lipinski definition) is 3. The maximum Gasteiger partial charge on any atom is 0.255 e. The van der Waals surface area contributed by atoms with Crippen LogP contribution in [0.4, 0.5) is 0 Å². The largest absolute Gasteiger partial charge is 0.463 e. The molecule has 0 radical (unpaired) electrons. The van der Waals surface area contributed by atoms with Gasteiger partial charge in [0.25, 0.3) is 5.91 Å². The lowest BCUT2D eigenvalue weighted by molar-refractivity contribution is 0.0951. The van der Waals surface area contributed by atoms with Gasteiger partial charge in [-0.15, -0.1) is 0 Å². The zero-order chi connectivity index (χ0) is 12.5. The second kappa shape index (κ2) is 4.46. The van der Waals surface area contributed by atoms with Crippen LogP contribution in [0.1, 0.15) is 23.2 Å². The topological polar surface area (TPSA) is 68.3 Å². The molecule has 0 saturated heterocycles. The average Bonchev–Trinajstić information content (AvgIpc) is 3.15. The zero-order valence-electron chi connectivity index (χ0n) is 10.1. The van der Waals surface area contributed by atoms with E-state index in [0.717, 1.165) is 11.0 Å². The van der Waals surface area contributed by atoms with E-state index in [0.29, 0.717) is 18.0 Å². The fraction of sp³-hybridized carbons (Fsp3) is 0.357. The van der Waals surface area contributed by atoms with E-state index in [-0.39, 0.29) is 11.9 Å². The van der Waals surface area contributed by atoms with E-state index in [4.69, 9.17) is 10.2 Å². The number of hydrogen-bond donors (Lipinski definition) is 2. The highest BCUT2D eigenvalue weighted by Gasteiger charge is 2.28. The van der Waals surface area contributed by atoms with Crippen LogP contribution < -0.4 is 11.1 Å². The van der Waals surface area contributed by atoms with Crippen molar-refractivity contribution in [3.8, 4) is 0 Å². The molecule has 1 unspecified atom stereocenters. The van der Waals surface area contributed by atoms with Gasteiger partial charge in [0.15, 0.2) is 0 Å². The summed E-state index contributed by atoms with van der Waals surface area (Å²) in [6, 6.07) is 7.59. The smallest absolute Gasteiger partial charge is 0.255 e. The van der Waals surface area contributed by atoms with E-state index >= 15 is 0 Å². The van der Waals surface area contributed by atoms with E-state index in [1.807, 2.05) is 24.3 Å². The number of nitrogens with two attached hydrogens (primary N) is 1. The highest BCUT2D eigenvalue weighted by atomic mass is 16.3. The van der Waals surface area contributed by atoms with Crippen molar-refractivity contribution < 1.29 is 9.21 Å². The average molecular weight is 244 g/mol. The number of para-hydroxylation sites is 1. The van der Waals surface area contributed by atoms with Crippen molar-refractivity contribution >= 4 is 16.9 Å². The number of rotatable bonds is 4. The molecule has 4 nitrogen and oxygen atoms in total. The number of benzene rings is 1. The maximum absolute atomic E-state index is 12.0. The Morgan fingerprint density at radius 3 is 3.00 bits per heavy atom. The summed E-state index contributed by atoms with van der Waals surface area (Å²) in [5.41, 5.74) is 7.26. The minimum atomic E-state index is -0.115. The lowest BCUT2D eigenvalue weighted by atomic mass is 10.1. The van der Waals surface area contributed by atoms with E-state index in [9.17, 15) is 4.79 Å². The Hall–Kier alpha value is -1.81. The van der Waals surface area contributed by atoms with Gasteiger partial charge in [-0.25, -0.2) is 0 Å². The molecule has 0 bridgehead atoms. The summed E-state index contributed by atoms with van der Waals surface area (Å²) in [7, 11) is 0. The van der Waals surface area contributed by atoms with Gasteiger partial charge in [-0.05, 0) is 24.8 Å². The van der Waals surface area contributed by atoms with Gasteiger partial charge < -0.3 is 15.5 Å². The van der Waals surface area contributed by atoms with Crippen LogP contribution in [-0.4, -0.2) is 18.5 Å². The maximum atomic E-state index is 12.0. The first-order valence-electron chi connectivity index (χ1n) is 6.25. The predicted octanol–water partition coefficient (Wildman–Crippen LogP) is 1.90. The first-order chi connectivity index (χ1) is 8.75. The molecule has 3 rings (SSSR count). The summed E-state index contributed by atoms with van der Waals surface area (Å²) in [5, 5.41) is 3.72. The Kier molecular flexibility index (Phi) is 2.80. The molecule has 18 heavy (non-hydrogen) atoms. The second-order valence-electron chi connectivity index (χ2n) is 4.86. The number of amides is 1. The van der Waals surface area contributed by atoms with Crippen LogP contribution in [0, 0.1) is 5.92 Å². The van der Waals surface area contributed by atoms with E-state index < -0.39 is 0 Å². The van der Waals surface area contributed by atoms with Crippen molar-refractivity contribution in [3.63, 3.8) is 0 Å². The fourth-order valence-corrected chi connectivity index (χ4v) is 2.15. The van der Waals surface area contributed by atoms with Gasteiger partial charge in [0.1, 0.15) is 11.8 Å². The van der Waals surface area contributed by atoms with Crippen molar-refractivity contribution in [1.29, 1.82) is 0 Å². The molecule has 1 amide bonds. The van der Waals surface area contributed by atoms with Gasteiger partial charge in [-0.3, -0.25) is 4.79 Å². The Bertz CT molecular complexity index is 572. The Balaban J connectivity index is 1.71. The molecule has 1 heterocycles. The number of nitrogens with one attached hydrogen (secondary N) is 1. The summed E-state index contributed by atoms with van der Waals surface area (Å²) in [5.74, 6) is 0.474. The molecular formula is C14H16N2O2. The van der Waals surface area contributed by atoms with Gasteiger partial charge in [0.2, 0.25) is 0 Å². The van der Waals surface area contributed by atoms with Crippen LogP contribution in [0.15, 0.2) is 34.9 Å². The van der Waals surface area contributed by atoms with Gasteiger partial charge >= 0.3 is 0 Å². The molecular weight excluding hydrogens is 228 g/mol. The molecule has 1 atom stereocenters. The SMILES string of the molecule is NC(CNC(=O)c1coc2ccccc12)C1CC1. The van der Waals surface area contributed by atoms with Crippen LogP contribution in [0.3, 0.4) is 0 Å². The van der Waals surface area contributed by atoms with Crippen molar-refractivity contribution in [3.05, 3.63) is 36.1 Å². The number of carbonyl (C=O) groups excluding carboxylic acids is 1. The number of furan rings is 1. The molecule has 1 fully saturated rings. The highest BCUT2D eigenvalue weighted by molar-refractivity contribution is 6.05.